The maximum atomic E-state index is 12.1. The van der Waals surface area contributed by atoms with Crippen molar-refractivity contribution < 1.29 is 14.7 Å². The Morgan fingerprint density at radius 1 is 1.03 bits per heavy atom. The second-order valence-corrected chi connectivity index (χ2v) is 11.8. The number of piperidine rings is 4. The lowest BCUT2D eigenvalue weighted by molar-refractivity contribution is -1.04. The summed E-state index contributed by atoms with van der Waals surface area (Å²) in [6.07, 6.45) is 10.6. The van der Waals surface area contributed by atoms with E-state index in [0.29, 0.717) is 35.9 Å². The molecule has 5 aliphatic heterocycles. The van der Waals surface area contributed by atoms with Crippen LogP contribution in [0.25, 0.3) is 0 Å². The van der Waals surface area contributed by atoms with Gasteiger partial charge in [0.25, 0.3) is 0 Å². The topological polar surface area (TPSA) is 43.7 Å². The zero-order chi connectivity index (χ0) is 22.3. The second-order valence-electron chi connectivity index (χ2n) is 11.8. The molecule has 0 amide bonds. The molecule has 10 atom stereocenters. The van der Waals surface area contributed by atoms with Crippen LogP contribution >= 0.6 is 0 Å². The molecule has 1 saturated carbocycles. The number of anilines is 1. The minimum absolute atomic E-state index is 0.134. The first-order valence-corrected chi connectivity index (χ1v) is 13.6. The summed E-state index contributed by atoms with van der Waals surface area (Å²) in [5.74, 6) is 1.18. The number of aliphatic hydroxyl groups is 2. The summed E-state index contributed by atoms with van der Waals surface area (Å²) in [5, 5.41) is 24.1. The van der Waals surface area contributed by atoms with Crippen LogP contribution in [0.15, 0.2) is 24.3 Å². The fourth-order valence-electron chi connectivity index (χ4n) is 10.0. The Morgan fingerprint density at radius 2 is 1.78 bits per heavy atom. The van der Waals surface area contributed by atoms with E-state index in [1.807, 2.05) is 0 Å². The van der Waals surface area contributed by atoms with Crippen molar-refractivity contribution in [2.45, 2.75) is 108 Å². The molecule has 7 rings (SSSR count). The van der Waals surface area contributed by atoms with Crippen LogP contribution in [0.2, 0.25) is 0 Å². The van der Waals surface area contributed by atoms with Gasteiger partial charge in [-0.2, -0.15) is 0 Å². The Bertz CT molecular complexity index is 875. The van der Waals surface area contributed by atoms with Crippen molar-refractivity contribution in [1.82, 2.24) is 0 Å². The third-order valence-corrected chi connectivity index (χ3v) is 11.0. The van der Waals surface area contributed by atoms with Crippen molar-refractivity contribution in [2.75, 3.05) is 18.5 Å². The Morgan fingerprint density at radius 3 is 2.56 bits per heavy atom. The van der Waals surface area contributed by atoms with E-state index in [2.05, 4.69) is 50.1 Å². The lowest BCUT2D eigenvalue weighted by Crippen LogP contribution is -2.83. The normalized spacial score (nSPS) is 47.2. The van der Waals surface area contributed by atoms with Gasteiger partial charge in [-0.3, -0.25) is 4.48 Å². The van der Waals surface area contributed by atoms with Gasteiger partial charge < -0.3 is 15.1 Å². The minimum Gasteiger partial charge on any atom is -0.392 e. The number of benzene rings is 1. The van der Waals surface area contributed by atoms with Gasteiger partial charge >= 0.3 is 0 Å². The van der Waals surface area contributed by atoms with Gasteiger partial charge in [-0.25, -0.2) is 0 Å². The van der Waals surface area contributed by atoms with Gasteiger partial charge in [0.2, 0.25) is 0 Å². The number of aliphatic hydroxyl groups excluding tert-OH is 2. The number of quaternary nitrogens is 1. The summed E-state index contributed by atoms with van der Waals surface area (Å²) < 4.78 is 0.898. The molecule has 1 spiro atoms. The third kappa shape index (κ3) is 2.35. The number of nitrogens with zero attached hydrogens (tertiary/aromatic N) is 2. The van der Waals surface area contributed by atoms with Crippen molar-refractivity contribution in [3.8, 4) is 0 Å². The molecule has 4 saturated heterocycles. The highest BCUT2D eigenvalue weighted by atomic mass is 16.3. The molecule has 32 heavy (non-hydrogen) atoms. The Kier molecular flexibility index (Phi) is 4.99. The van der Waals surface area contributed by atoms with E-state index in [1.165, 1.54) is 56.2 Å². The van der Waals surface area contributed by atoms with Crippen LogP contribution in [-0.2, 0) is 5.41 Å². The van der Waals surface area contributed by atoms with Gasteiger partial charge in [0.05, 0.1) is 30.1 Å². The molecule has 1 aromatic carbocycles. The number of fused-ring (bicyclic) bond motifs is 2. The molecule has 1 aromatic rings. The van der Waals surface area contributed by atoms with Crippen LogP contribution in [-0.4, -0.2) is 58.7 Å². The van der Waals surface area contributed by atoms with E-state index in [-0.39, 0.29) is 17.7 Å². The van der Waals surface area contributed by atoms with Gasteiger partial charge in [0.15, 0.2) is 6.23 Å². The molecule has 0 radical (unpaired) electrons. The first-order valence-electron chi connectivity index (χ1n) is 13.6. The summed E-state index contributed by atoms with van der Waals surface area (Å²) in [6, 6.07) is 10.1. The van der Waals surface area contributed by atoms with Crippen LogP contribution < -0.4 is 4.90 Å². The summed E-state index contributed by atoms with van der Waals surface area (Å²) in [4.78, 5) is 2.51. The van der Waals surface area contributed by atoms with Crippen LogP contribution in [0.5, 0.6) is 0 Å². The molecule has 6 aliphatic rings. The van der Waals surface area contributed by atoms with E-state index < -0.39 is 0 Å². The molecule has 2 N–H and O–H groups in total. The van der Waals surface area contributed by atoms with Crippen molar-refractivity contribution in [3.63, 3.8) is 0 Å². The highest BCUT2D eigenvalue weighted by Gasteiger charge is 2.82. The highest BCUT2D eigenvalue weighted by Crippen LogP contribution is 2.71. The maximum Gasteiger partial charge on any atom is 0.194 e. The number of likely N-dealkylation sites (N-methyl/N-ethyl adjacent to an activating group) is 1. The van der Waals surface area contributed by atoms with Crippen LogP contribution in [0.3, 0.4) is 0 Å². The highest BCUT2D eigenvalue weighted by molar-refractivity contribution is 5.66. The van der Waals surface area contributed by atoms with E-state index in [1.54, 1.807) is 0 Å². The molecule has 4 heteroatoms. The van der Waals surface area contributed by atoms with Crippen LogP contribution in [0.1, 0.15) is 77.2 Å². The Hall–Kier alpha value is -1.10. The maximum absolute atomic E-state index is 12.1. The monoisotopic (exact) mass is 439 g/mol. The molecular weight excluding hydrogens is 396 g/mol. The molecule has 5 fully saturated rings. The molecular formula is C28H43N2O2+. The largest absolute Gasteiger partial charge is 0.392 e. The summed E-state index contributed by atoms with van der Waals surface area (Å²) >= 11 is 0. The summed E-state index contributed by atoms with van der Waals surface area (Å²) in [7, 11) is 2.26. The molecule has 4 nitrogen and oxygen atoms in total. The molecule has 5 heterocycles. The first kappa shape index (κ1) is 21.4. The molecule has 1 aliphatic carbocycles. The minimum atomic E-state index is -0.273. The number of unbranched alkanes of at least 4 members (excludes halogenated alkanes) is 5. The average molecular weight is 440 g/mol. The van der Waals surface area contributed by atoms with Gasteiger partial charge in [-0.05, 0) is 36.8 Å². The van der Waals surface area contributed by atoms with E-state index in [0.717, 1.165) is 23.9 Å². The van der Waals surface area contributed by atoms with Crippen LogP contribution in [0, 0.1) is 17.8 Å². The Labute approximate surface area is 194 Å². The van der Waals surface area contributed by atoms with Crippen LogP contribution in [0.4, 0.5) is 5.69 Å². The number of hydrogen-bond donors (Lipinski definition) is 2. The Balaban J connectivity index is 1.41. The quantitative estimate of drug-likeness (QED) is 0.465. The molecule has 10 unspecified atom stereocenters. The molecule has 176 valence electrons. The lowest BCUT2D eigenvalue weighted by Gasteiger charge is -2.68. The van der Waals surface area contributed by atoms with Crippen molar-refractivity contribution >= 4 is 5.69 Å². The molecule has 5 bridgehead atoms. The predicted molar refractivity (Wildman–Crippen MR) is 128 cm³/mol. The predicted octanol–water partition coefficient (Wildman–Crippen LogP) is 4.43. The van der Waals surface area contributed by atoms with E-state index in [4.69, 9.17) is 0 Å². The fraction of sp³-hybridized carbons (Fsp3) is 0.786. The van der Waals surface area contributed by atoms with E-state index >= 15 is 0 Å². The lowest BCUT2D eigenvalue weighted by atomic mass is 9.60. The first-order chi connectivity index (χ1) is 15.5. The molecule has 0 aromatic heterocycles. The van der Waals surface area contributed by atoms with Gasteiger partial charge in [0, 0.05) is 37.4 Å². The number of para-hydroxylation sites is 1. The zero-order valence-corrected chi connectivity index (χ0v) is 20.3. The smallest absolute Gasteiger partial charge is 0.194 e. The summed E-state index contributed by atoms with van der Waals surface area (Å²) in [5.41, 5.74) is 2.58. The van der Waals surface area contributed by atoms with Gasteiger partial charge in [-0.15, -0.1) is 0 Å². The van der Waals surface area contributed by atoms with E-state index in [9.17, 15) is 10.2 Å². The fourth-order valence-corrected chi connectivity index (χ4v) is 10.0. The SMILES string of the molecule is CCCCCCCC[N+]12C(O)C(CC)C3CC1C1N(C)c4ccccc4C14CC2C3C4O. The van der Waals surface area contributed by atoms with Gasteiger partial charge in [0.1, 0.15) is 6.04 Å². The number of hydrogen-bond acceptors (Lipinski definition) is 3. The number of rotatable bonds is 8. The van der Waals surface area contributed by atoms with Gasteiger partial charge in [-0.1, -0.05) is 57.7 Å². The summed E-state index contributed by atoms with van der Waals surface area (Å²) in [6.45, 7) is 5.64. The van der Waals surface area contributed by atoms with Crippen molar-refractivity contribution in [3.05, 3.63) is 29.8 Å². The second kappa shape index (κ2) is 7.45. The third-order valence-electron chi connectivity index (χ3n) is 11.0. The zero-order valence-electron chi connectivity index (χ0n) is 20.3. The van der Waals surface area contributed by atoms with Crippen molar-refractivity contribution in [1.29, 1.82) is 0 Å². The van der Waals surface area contributed by atoms with Crippen molar-refractivity contribution in [2.24, 2.45) is 17.8 Å². The standard InChI is InChI=1S/C28H43N2O2/c1-4-6-7-8-9-12-15-30-22-16-19(18(5-2)27(30)32)24-23(30)17-28(26(24)31)20-13-10-11-14-21(20)29(3)25(22)28/h10-11,13-14,18-19,22-27,31-32H,4-9,12,15-17H2,1-3H3/q+1. The average Bonchev–Trinajstić information content (AvgIpc) is 3.19.